The van der Waals surface area contributed by atoms with Crippen molar-refractivity contribution in [2.24, 2.45) is 0 Å². The smallest absolute Gasteiger partial charge is 0.422 e. The van der Waals surface area contributed by atoms with Crippen molar-refractivity contribution in [1.29, 1.82) is 0 Å². The Morgan fingerprint density at radius 2 is 1.91 bits per heavy atom. The number of carbonyl (C=O) groups is 1. The highest BCUT2D eigenvalue weighted by atomic mass is 35.5. The minimum absolute atomic E-state index is 0.00922. The molecule has 0 saturated carbocycles. The molecule has 2 N–H and O–H groups in total. The van der Waals surface area contributed by atoms with Gasteiger partial charge in [0.25, 0.3) is 0 Å². The van der Waals surface area contributed by atoms with Crippen LogP contribution in [-0.2, 0) is 32.5 Å². The lowest BCUT2D eigenvalue weighted by molar-refractivity contribution is -0.137. The van der Waals surface area contributed by atoms with Crippen molar-refractivity contribution < 1.29 is 45.3 Å². The number of nitrogens with one attached hydrogen (secondary N) is 2. The molecule has 2 aromatic rings. The summed E-state index contributed by atoms with van der Waals surface area (Å²) in [6, 6.07) is 4.52. The first-order valence-corrected chi connectivity index (χ1v) is 11.8. The van der Waals surface area contributed by atoms with E-state index < -0.39 is 45.7 Å². The maximum absolute atomic E-state index is 12.9. The summed E-state index contributed by atoms with van der Waals surface area (Å²) in [7, 11) is -2.66. The zero-order valence-corrected chi connectivity index (χ0v) is 20.4. The van der Waals surface area contributed by atoms with E-state index in [2.05, 4.69) is 9.71 Å². The van der Waals surface area contributed by atoms with Gasteiger partial charge in [-0.15, -0.1) is 0 Å². The van der Waals surface area contributed by atoms with Gasteiger partial charge in [-0.05, 0) is 32.0 Å². The molecule has 0 saturated heterocycles. The number of halogens is 4. The molecule has 0 radical (unpaired) electrons. The molecule has 0 aliphatic rings. The molecular weight excluding hydrogens is 519 g/mol. The second-order valence-electron chi connectivity index (χ2n) is 7.18. The molecule has 10 nitrogen and oxygen atoms in total. The van der Waals surface area contributed by atoms with Crippen LogP contribution in [0.3, 0.4) is 0 Å². The van der Waals surface area contributed by atoms with Crippen LogP contribution in [0.1, 0.15) is 25.0 Å². The number of nitrogens with zero attached hydrogens (tertiary/aromatic N) is 1. The van der Waals surface area contributed by atoms with Gasteiger partial charge in [-0.2, -0.15) is 26.3 Å². The molecule has 0 bridgehead atoms. The minimum Gasteiger partial charge on any atom is -0.491 e. The van der Waals surface area contributed by atoms with Crippen molar-refractivity contribution >= 4 is 27.9 Å². The fourth-order valence-electron chi connectivity index (χ4n) is 2.46. The molecule has 0 spiro atoms. The standard InChI is InChI=1S/C20H23ClF3N3O7S/c1-12(2)26-35(29,30)27-19(28)33-11-13-4-5-15(32-7-6-31-3)9-17(13)34-18-16(21)8-14(10-25-18)20(22,23)24/h4-5,8-10,12,26H,6-7,11H2,1-3H3,(H,27,28). The van der Waals surface area contributed by atoms with E-state index in [1.165, 1.54) is 25.3 Å². The molecule has 15 heteroatoms. The molecule has 1 amide bonds. The monoisotopic (exact) mass is 541 g/mol. The quantitative estimate of drug-likeness (QED) is 0.408. The Balaban J connectivity index is 2.24. The van der Waals surface area contributed by atoms with Crippen LogP contribution in [0.2, 0.25) is 5.02 Å². The van der Waals surface area contributed by atoms with E-state index in [1.807, 2.05) is 0 Å². The Hall–Kier alpha value is -2.81. The first kappa shape index (κ1) is 28.4. The van der Waals surface area contributed by atoms with Crippen molar-refractivity contribution in [2.45, 2.75) is 32.7 Å². The van der Waals surface area contributed by atoms with E-state index in [9.17, 15) is 26.4 Å². The summed E-state index contributed by atoms with van der Waals surface area (Å²) < 4.78 is 87.0. The van der Waals surface area contributed by atoms with Gasteiger partial charge in [0.1, 0.15) is 29.7 Å². The molecule has 1 heterocycles. The number of alkyl halides is 3. The maximum Gasteiger partial charge on any atom is 0.422 e. The predicted octanol–water partition coefficient (Wildman–Crippen LogP) is 4.04. The van der Waals surface area contributed by atoms with Crippen LogP contribution in [0, 0.1) is 0 Å². The van der Waals surface area contributed by atoms with Crippen molar-refractivity contribution in [3.05, 3.63) is 46.6 Å². The van der Waals surface area contributed by atoms with Crippen LogP contribution in [0.25, 0.3) is 0 Å². The number of aromatic nitrogens is 1. The van der Waals surface area contributed by atoms with Gasteiger partial charge >= 0.3 is 22.5 Å². The number of carbonyl (C=O) groups excluding carboxylic acids is 1. The highest BCUT2D eigenvalue weighted by molar-refractivity contribution is 7.88. The third-order valence-electron chi connectivity index (χ3n) is 3.90. The third-order valence-corrected chi connectivity index (χ3v) is 5.39. The van der Waals surface area contributed by atoms with E-state index >= 15 is 0 Å². The average Bonchev–Trinajstić information content (AvgIpc) is 2.72. The summed E-state index contributed by atoms with van der Waals surface area (Å²) in [5.74, 6) is -0.0508. The number of benzene rings is 1. The summed E-state index contributed by atoms with van der Waals surface area (Å²) in [5, 5.41) is -0.416. The molecule has 0 atom stereocenters. The highest BCUT2D eigenvalue weighted by Crippen LogP contribution is 2.36. The molecule has 194 valence electrons. The number of methoxy groups -OCH3 is 1. The number of rotatable bonds is 11. The fraction of sp³-hybridized carbons (Fsp3) is 0.400. The Morgan fingerprint density at radius 1 is 1.20 bits per heavy atom. The van der Waals surface area contributed by atoms with Crippen LogP contribution in [0.15, 0.2) is 30.5 Å². The van der Waals surface area contributed by atoms with Gasteiger partial charge in [-0.1, -0.05) is 11.6 Å². The van der Waals surface area contributed by atoms with Gasteiger partial charge < -0.3 is 18.9 Å². The Labute approximate surface area is 204 Å². The minimum atomic E-state index is -4.65. The van der Waals surface area contributed by atoms with E-state index in [0.717, 1.165) is 0 Å². The maximum atomic E-state index is 12.9. The summed E-state index contributed by atoms with van der Waals surface area (Å²) in [6.45, 7) is 3.13. The Morgan fingerprint density at radius 3 is 2.51 bits per heavy atom. The van der Waals surface area contributed by atoms with Crippen molar-refractivity contribution in [3.8, 4) is 17.4 Å². The van der Waals surface area contributed by atoms with Crippen LogP contribution < -0.4 is 18.9 Å². The molecule has 0 aliphatic carbocycles. The molecule has 0 aliphatic heterocycles. The molecule has 0 unspecified atom stereocenters. The number of amides is 1. The second-order valence-corrected chi connectivity index (χ2v) is 9.03. The first-order chi connectivity index (χ1) is 16.3. The van der Waals surface area contributed by atoms with Crippen molar-refractivity contribution in [3.63, 3.8) is 0 Å². The SMILES string of the molecule is COCCOc1ccc(COC(=O)NS(=O)(=O)NC(C)C)c(Oc2ncc(C(F)(F)F)cc2Cl)c1. The van der Waals surface area contributed by atoms with Gasteiger partial charge in [0.2, 0.25) is 5.88 Å². The number of hydrogen-bond acceptors (Lipinski definition) is 8. The van der Waals surface area contributed by atoms with Crippen molar-refractivity contribution in [1.82, 2.24) is 14.4 Å². The summed E-state index contributed by atoms with van der Waals surface area (Å²) in [5.41, 5.74) is -0.853. The Bertz CT molecular complexity index is 1130. The van der Waals surface area contributed by atoms with Gasteiger partial charge in [-0.25, -0.2) is 14.5 Å². The molecule has 1 aromatic heterocycles. The highest BCUT2D eigenvalue weighted by Gasteiger charge is 2.32. The zero-order valence-electron chi connectivity index (χ0n) is 18.8. The topological polar surface area (TPSA) is 125 Å². The van der Waals surface area contributed by atoms with Crippen molar-refractivity contribution in [2.75, 3.05) is 20.3 Å². The average molecular weight is 542 g/mol. The van der Waals surface area contributed by atoms with E-state index in [0.29, 0.717) is 18.0 Å². The lowest BCUT2D eigenvalue weighted by Crippen LogP contribution is -2.43. The van der Waals surface area contributed by atoms with Gasteiger partial charge in [0.15, 0.2) is 0 Å². The van der Waals surface area contributed by atoms with E-state index in [1.54, 1.807) is 18.6 Å². The fourth-order valence-corrected chi connectivity index (χ4v) is 3.63. The van der Waals surface area contributed by atoms with Crippen LogP contribution in [0.4, 0.5) is 18.0 Å². The van der Waals surface area contributed by atoms with Crippen LogP contribution >= 0.6 is 11.6 Å². The van der Waals surface area contributed by atoms with Crippen LogP contribution in [0.5, 0.6) is 17.4 Å². The predicted molar refractivity (Wildman–Crippen MR) is 119 cm³/mol. The van der Waals surface area contributed by atoms with E-state index in [4.69, 9.17) is 30.5 Å². The summed E-state index contributed by atoms with van der Waals surface area (Å²) in [6.07, 6.45) is -5.37. The number of pyridine rings is 1. The van der Waals surface area contributed by atoms with Gasteiger partial charge in [0, 0.05) is 31.0 Å². The molecular formula is C20H23ClF3N3O7S. The summed E-state index contributed by atoms with van der Waals surface area (Å²) in [4.78, 5) is 15.6. The second kappa shape index (κ2) is 12.2. The Kier molecular flexibility index (Phi) is 9.94. The molecule has 35 heavy (non-hydrogen) atoms. The van der Waals surface area contributed by atoms with Crippen LogP contribution in [-0.4, -0.2) is 45.9 Å². The zero-order chi connectivity index (χ0) is 26.2. The largest absolute Gasteiger partial charge is 0.491 e. The normalized spacial score (nSPS) is 11.9. The summed E-state index contributed by atoms with van der Waals surface area (Å²) >= 11 is 5.92. The molecule has 1 aromatic carbocycles. The molecule has 2 rings (SSSR count). The number of hydrogen-bond donors (Lipinski definition) is 2. The van der Waals surface area contributed by atoms with Gasteiger partial charge in [-0.3, -0.25) is 0 Å². The van der Waals surface area contributed by atoms with E-state index in [-0.39, 0.29) is 30.4 Å². The van der Waals surface area contributed by atoms with Gasteiger partial charge in [0.05, 0.1) is 12.2 Å². The lowest BCUT2D eigenvalue weighted by atomic mass is 10.2. The molecule has 0 fully saturated rings. The number of ether oxygens (including phenoxy) is 4. The first-order valence-electron chi connectivity index (χ1n) is 9.93. The third kappa shape index (κ3) is 9.39. The lowest BCUT2D eigenvalue weighted by Gasteiger charge is -2.15.